The molecule has 1 aromatic heterocycles. The van der Waals surface area contributed by atoms with E-state index in [1.807, 2.05) is 0 Å². The second-order valence-electron chi connectivity index (χ2n) is 5.69. The Hall–Kier alpha value is -3.24. The Kier molecular flexibility index (Phi) is 6.49. The predicted octanol–water partition coefficient (Wildman–Crippen LogP) is 1.67. The van der Waals surface area contributed by atoms with Crippen molar-refractivity contribution < 1.29 is 38.1 Å². The first-order valence-electron chi connectivity index (χ1n) is 8.59. The molecular weight excluding hydrogens is 374 g/mol. The molecule has 0 saturated heterocycles. The van der Waals surface area contributed by atoms with Crippen LogP contribution >= 0.6 is 0 Å². The molecule has 0 N–H and O–H groups in total. The number of hydrogen-bond acceptors (Lipinski definition) is 8. The Bertz CT molecular complexity index is 801. The largest absolute Gasteiger partial charge is 0.465 e. The molecule has 154 valence electrons. The van der Waals surface area contributed by atoms with Crippen LogP contribution < -0.4 is 0 Å². The summed E-state index contributed by atoms with van der Waals surface area (Å²) >= 11 is 0. The molecule has 2 rings (SSSR count). The predicted molar refractivity (Wildman–Crippen MR) is 93.3 cm³/mol. The molecule has 1 aliphatic heterocycles. The maximum atomic E-state index is 12.4. The zero-order chi connectivity index (χ0) is 21.0. The van der Waals surface area contributed by atoms with Gasteiger partial charge in [0.25, 0.3) is 0 Å². The number of hydrazine groups is 1. The number of methoxy groups -OCH3 is 2. The second kappa shape index (κ2) is 8.63. The van der Waals surface area contributed by atoms with Gasteiger partial charge in [-0.15, -0.1) is 0 Å². The smallest absolute Gasteiger partial charge is 0.430 e. The molecule has 0 aromatic carbocycles. The Balaban J connectivity index is 2.63. The highest BCUT2D eigenvalue weighted by Gasteiger charge is 2.40. The second-order valence-corrected chi connectivity index (χ2v) is 5.69. The number of rotatable bonds is 4. The summed E-state index contributed by atoms with van der Waals surface area (Å²) in [5.41, 5.74) is 0.696. The van der Waals surface area contributed by atoms with Gasteiger partial charge < -0.3 is 23.5 Å². The molecular formula is C17H23N3O8. The van der Waals surface area contributed by atoms with Crippen LogP contribution in [0.2, 0.25) is 0 Å². The quantitative estimate of drug-likeness (QED) is 0.556. The van der Waals surface area contributed by atoms with E-state index in [1.165, 1.54) is 14.2 Å². The fraction of sp³-hybridized carbons (Fsp3) is 0.529. The number of aromatic nitrogens is 1. The first-order chi connectivity index (χ1) is 13.3. The van der Waals surface area contributed by atoms with Crippen molar-refractivity contribution in [2.75, 3.05) is 27.4 Å². The molecule has 11 heteroatoms. The summed E-state index contributed by atoms with van der Waals surface area (Å²) in [5, 5.41) is 2.06. The Morgan fingerprint density at radius 1 is 0.857 bits per heavy atom. The zero-order valence-electron chi connectivity index (χ0n) is 16.4. The minimum absolute atomic E-state index is 0.0128. The van der Waals surface area contributed by atoms with Gasteiger partial charge in [0.05, 0.1) is 50.8 Å². The number of ether oxygens (including phenoxy) is 4. The van der Waals surface area contributed by atoms with Gasteiger partial charge in [0.15, 0.2) is 0 Å². The molecule has 2 amide bonds. The summed E-state index contributed by atoms with van der Waals surface area (Å²) in [6.07, 6.45) is -1.57. The number of carbonyl (C=O) groups excluding carboxylic acids is 4. The lowest BCUT2D eigenvalue weighted by atomic mass is 10.1. The molecule has 1 aromatic rings. The van der Waals surface area contributed by atoms with Crippen LogP contribution in [-0.2, 0) is 32.2 Å². The SMILES string of the molecule is CCOC(=O)N1Cc2c(C(=O)OC)c(C(=O)OC)c(C)n2CN1C(=O)OCC. The van der Waals surface area contributed by atoms with Crippen LogP contribution in [0.15, 0.2) is 0 Å². The van der Waals surface area contributed by atoms with Crippen molar-refractivity contribution in [3.05, 3.63) is 22.5 Å². The summed E-state index contributed by atoms with van der Waals surface area (Å²) < 4.78 is 21.2. The molecule has 2 heterocycles. The molecule has 0 fully saturated rings. The van der Waals surface area contributed by atoms with Gasteiger partial charge >= 0.3 is 24.1 Å². The average Bonchev–Trinajstić information content (AvgIpc) is 2.98. The Morgan fingerprint density at radius 2 is 1.36 bits per heavy atom. The van der Waals surface area contributed by atoms with Gasteiger partial charge in [-0.05, 0) is 20.8 Å². The van der Waals surface area contributed by atoms with Crippen molar-refractivity contribution in [2.45, 2.75) is 34.0 Å². The number of fused-ring (bicyclic) bond motifs is 1. The van der Waals surface area contributed by atoms with Crippen molar-refractivity contribution >= 4 is 24.1 Å². The minimum Gasteiger partial charge on any atom is -0.465 e. The van der Waals surface area contributed by atoms with Gasteiger partial charge in [0.1, 0.15) is 6.67 Å². The summed E-state index contributed by atoms with van der Waals surface area (Å²) in [4.78, 5) is 49.4. The van der Waals surface area contributed by atoms with Crippen molar-refractivity contribution in [3.63, 3.8) is 0 Å². The lowest BCUT2D eigenvalue weighted by molar-refractivity contribution is -0.0562. The maximum absolute atomic E-state index is 12.4. The van der Waals surface area contributed by atoms with E-state index in [0.717, 1.165) is 10.0 Å². The molecule has 0 aliphatic carbocycles. The van der Waals surface area contributed by atoms with Crippen molar-refractivity contribution in [3.8, 4) is 0 Å². The first-order valence-corrected chi connectivity index (χ1v) is 8.59. The van der Waals surface area contributed by atoms with Gasteiger partial charge in [-0.25, -0.2) is 24.2 Å². The lowest BCUT2D eigenvalue weighted by Gasteiger charge is -2.38. The van der Waals surface area contributed by atoms with Crippen molar-refractivity contribution in [1.82, 2.24) is 14.6 Å². The van der Waals surface area contributed by atoms with E-state index in [1.54, 1.807) is 25.3 Å². The number of esters is 2. The van der Waals surface area contributed by atoms with Crippen LogP contribution in [0.3, 0.4) is 0 Å². The number of carbonyl (C=O) groups is 4. The average molecular weight is 397 g/mol. The molecule has 0 unspecified atom stereocenters. The Morgan fingerprint density at radius 3 is 1.86 bits per heavy atom. The topological polar surface area (TPSA) is 117 Å². The number of amides is 2. The molecule has 0 atom stereocenters. The molecule has 0 saturated carbocycles. The molecule has 28 heavy (non-hydrogen) atoms. The standard InChI is InChI=1S/C17H23N3O8/c1-6-27-16(23)19-8-11-13(15(22)26-5)12(14(21)25-4)10(3)18(11)9-20(19)17(24)28-7-2/h6-9H2,1-5H3. The van der Waals surface area contributed by atoms with Crippen molar-refractivity contribution in [1.29, 1.82) is 0 Å². The van der Waals surface area contributed by atoms with Crippen LogP contribution in [0.25, 0.3) is 0 Å². The molecule has 0 bridgehead atoms. The maximum Gasteiger partial charge on any atom is 0.430 e. The van der Waals surface area contributed by atoms with Gasteiger partial charge in [-0.3, -0.25) is 0 Å². The van der Waals surface area contributed by atoms with Crippen LogP contribution in [0.1, 0.15) is 46.0 Å². The summed E-state index contributed by atoms with van der Waals surface area (Å²) in [6, 6.07) is 0. The summed E-state index contributed by atoms with van der Waals surface area (Å²) in [6.45, 7) is 4.67. The minimum atomic E-state index is -0.795. The Labute approximate surface area is 161 Å². The fourth-order valence-corrected chi connectivity index (χ4v) is 2.98. The molecule has 0 radical (unpaired) electrons. The van der Waals surface area contributed by atoms with E-state index in [-0.39, 0.29) is 37.6 Å². The van der Waals surface area contributed by atoms with Gasteiger partial charge in [0.2, 0.25) is 0 Å². The first kappa shape index (κ1) is 21.1. The molecule has 1 aliphatic rings. The van der Waals surface area contributed by atoms with E-state index in [0.29, 0.717) is 11.4 Å². The highest BCUT2D eigenvalue weighted by atomic mass is 16.6. The van der Waals surface area contributed by atoms with Gasteiger partial charge in [-0.1, -0.05) is 0 Å². The number of hydrogen-bond donors (Lipinski definition) is 0. The van der Waals surface area contributed by atoms with Crippen molar-refractivity contribution in [2.24, 2.45) is 0 Å². The van der Waals surface area contributed by atoms with Crippen LogP contribution in [0.4, 0.5) is 9.59 Å². The van der Waals surface area contributed by atoms with Crippen LogP contribution in [0, 0.1) is 6.92 Å². The highest BCUT2D eigenvalue weighted by molar-refractivity contribution is 6.05. The monoisotopic (exact) mass is 397 g/mol. The summed E-state index contributed by atoms with van der Waals surface area (Å²) in [7, 11) is 2.37. The third-order valence-electron chi connectivity index (χ3n) is 4.23. The third kappa shape index (κ3) is 3.59. The van der Waals surface area contributed by atoms with Gasteiger partial charge in [-0.2, -0.15) is 5.01 Å². The highest BCUT2D eigenvalue weighted by Crippen LogP contribution is 2.30. The van der Waals surface area contributed by atoms with E-state index >= 15 is 0 Å². The number of nitrogens with zero attached hydrogens (tertiary/aromatic N) is 3. The zero-order valence-corrected chi connectivity index (χ0v) is 16.4. The van der Waals surface area contributed by atoms with Crippen LogP contribution in [-0.4, -0.2) is 66.1 Å². The molecule has 0 spiro atoms. The summed E-state index contributed by atoms with van der Waals surface area (Å²) in [5.74, 6) is -1.49. The van der Waals surface area contributed by atoms with E-state index in [4.69, 9.17) is 18.9 Å². The van der Waals surface area contributed by atoms with Crippen LogP contribution in [0.5, 0.6) is 0 Å². The fourth-order valence-electron chi connectivity index (χ4n) is 2.98. The van der Waals surface area contributed by atoms with E-state index in [9.17, 15) is 19.2 Å². The van der Waals surface area contributed by atoms with Gasteiger partial charge in [0, 0.05) is 5.69 Å². The van der Waals surface area contributed by atoms with E-state index in [2.05, 4.69) is 0 Å². The van der Waals surface area contributed by atoms with E-state index < -0.39 is 24.1 Å². The third-order valence-corrected chi connectivity index (χ3v) is 4.23. The normalized spacial score (nSPS) is 12.9. The molecule has 11 nitrogen and oxygen atoms in total. The lowest BCUT2D eigenvalue weighted by Crippen LogP contribution is -2.53.